The summed E-state index contributed by atoms with van der Waals surface area (Å²) in [5, 5.41) is 0. The lowest BCUT2D eigenvalue weighted by molar-refractivity contribution is 0.704. The van der Waals surface area contributed by atoms with E-state index in [1.807, 2.05) is 18.5 Å². The highest BCUT2D eigenvalue weighted by Gasteiger charge is 2.09. The van der Waals surface area contributed by atoms with E-state index in [9.17, 15) is 0 Å². The lowest BCUT2D eigenvalue weighted by Crippen LogP contribution is -2.04. The molecule has 2 aromatic rings. The van der Waals surface area contributed by atoms with E-state index >= 15 is 0 Å². The molecule has 2 aromatic heterocycles. The first-order chi connectivity index (χ1) is 7.45. The molecule has 0 saturated heterocycles. The average molecular weight is 196 g/mol. The molecule has 2 heteroatoms. The van der Waals surface area contributed by atoms with E-state index in [1.54, 1.807) is 0 Å². The fraction of sp³-hybridized carbons (Fsp3) is 0.154. The molecule has 0 saturated carbocycles. The molecule has 15 heavy (non-hydrogen) atoms. The molecule has 3 heterocycles. The van der Waals surface area contributed by atoms with Crippen LogP contribution in [0.25, 0.3) is 17.3 Å². The third-order valence-corrected chi connectivity index (χ3v) is 2.78. The molecule has 0 radical (unpaired) electrons. The maximum absolute atomic E-state index is 4.16. The monoisotopic (exact) mass is 196 g/mol. The number of hydrogen-bond acceptors (Lipinski definition) is 1. The minimum Gasteiger partial charge on any atom is -0.341 e. The van der Waals surface area contributed by atoms with Gasteiger partial charge in [0.15, 0.2) is 0 Å². The lowest BCUT2D eigenvalue weighted by atomic mass is 10.2. The number of fused-ring (bicyclic) bond motifs is 1. The molecule has 0 fully saturated rings. The van der Waals surface area contributed by atoms with Gasteiger partial charge in [-0.15, -0.1) is 0 Å². The summed E-state index contributed by atoms with van der Waals surface area (Å²) in [6.07, 6.45) is 9.26. The van der Waals surface area contributed by atoms with E-state index in [-0.39, 0.29) is 0 Å². The zero-order chi connectivity index (χ0) is 10.1. The zero-order valence-corrected chi connectivity index (χ0v) is 8.43. The first-order valence-electron chi connectivity index (χ1n) is 5.21. The minimum atomic E-state index is 1.07. The zero-order valence-electron chi connectivity index (χ0n) is 8.43. The van der Waals surface area contributed by atoms with Crippen molar-refractivity contribution in [2.75, 3.05) is 0 Å². The van der Waals surface area contributed by atoms with Crippen molar-refractivity contribution in [1.82, 2.24) is 9.55 Å². The van der Waals surface area contributed by atoms with Crippen LogP contribution >= 0.6 is 0 Å². The van der Waals surface area contributed by atoms with Gasteiger partial charge in [0.2, 0.25) is 0 Å². The molecule has 0 atom stereocenters. The Morgan fingerprint density at radius 3 is 3.07 bits per heavy atom. The summed E-state index contributed by atoms with van der Waals surface area (Å²) in [6.45, 7) is 1.07. The van der Waals surface area contributed by atoms with Crippen molar-refractivity contribution in [2.24, 2.45) is 0 Å². The standard InChI is InChI=1S/C13H12N2/c1-2-9-15-12(5-1)6-7-13(15)11-4-3-8-14-10-11/h1,3-8,10H,2,9H2. The molecular formula is C13H12N2. The molecule has 0 bridgehead atoms. The van der Waals surface area contributed by atoms with Crippen molar-refractivity contribution in [1.29, 1.82) is 0 Å². The Kier molecular flexibility index (Phi) is 1.91. The summed E-state index contributed by atoms with van der Waals surface area (Å²) in [5.74, 6) is 0. The molecule has 0 aromatic carbocycles. The Morgan fingerprint density at radius 2 is 2.20 bits per heavy atom. The van der Waals surface area contributed by atoms with Crippen LogP contribution in [0.15, 0.2) is 42.7 Å². The second kappa shape index (κ2) is 3.39. The van der Waals surface area contributed by atoms with Gasteiger partial charge in [-0.1, -0.05) is 6.08 Å². The molecule has 1 aliphatic heterocycles. The van der Waals surface area contributed by atoms with Crippen LogP contribution in [0.1, 0.15) is 12.1 Å². The largest absolute Gasteiger partial charge is 0.341 e. The van der Waals surface area contributed by atoms with Crippen LogP contribution in [0.5, 0.6) is 0 Å². The van der Waals surface area contributed by atoms with Gasteiger partial charge in [0.05, 0.1) is 5.69 Å². The number of pyridine rings is 1. The van der Waals surface area contributed by atoms with Gasteiger partial charge in [0.1, 0.15) is 0 Å². The van der Waals surface area contributed by atoms with E-state index in [4.69, 9.17) is 0 Å². The van der Waals surface area contributed by atoms with E-state index in [2.05, 4.69) is 39.9 Å². The van der Waals surface area contributed by atoms with Crippen LogP contribution in [0.4, 0.5) is 0 Å². The summed E-state index contributed by atoms with van der Waals surface area (Å²) < 4.78 is 2.34. The van der Waals surface area contributed by atoms with Gasteiger partial charge in [-0.3, -0.25) is 4.98 Å². The van der Waals surface area contributed by atoms with Crippen molar-refractivity contribution >= 4 is 6.08 Å². The van der Waals surface area contributed by atoms with Crippen molar-refractivity contribution in [3.8, 4) is 11.3 Å². The maximum Gasteiger partial charge on any atom is 0.0500 e. The predicted octanol–water partition coefficient (Wildman–Crippen LogP) is 2.97. The second-order valence-electron chi connectivity index (χ2n) is 3.73. The Balaban J connectivity index is 2.14. The second-order valence-corrected chi connectivity index (χ2v) is 3.73. The van der Waals surface area contributed by atoms with Gasteiger partial charge in [0.25, 0.3) is 0 Å². The SMILES string of the molecule is C1=Cc2ccc(-c3cccnc3)n2CC1. The molecule has 0 N–H and O–H groups in total. The van der Waals surface area contributed by atoms with E-state index < -0.39 is 0 Å². The van der Waals surface area contributed by atoms with Crippen molar-refractivity contribution < 1.29 is 0 Å². The quantitative estimate of drug-likeness (QED) is 0.685. The summed E-state index contributed by atoms with van der Waals surface area (Å²) in [7, 11) is 0. The van der Waals surface area contributed by atoms with Gasteiger partial charge in [-0.25, -0.2) is 0 Å². The first-order valence-corrected chi connectivity index (χ1v) is 5.21. The number of allylic oxidation sites excluding steroid dienone is 1. The average Bonchev–Trinajstić information content (AvgIpc) is 2.74. The minimum absolute atomic E-state index is 1.07. The van der Waals surface area contributed by atoms with Crippen LogP contribution in [-0.2, 0) is 6.54 Å². The highest BCUT2D eigenvalue weighted by Crippen LogP contribution is 2.25. The van der Waals surface area contributed by atoms with Gasteiger partial charge < -0.3 is 4.57 Å². The highest BCUT2D eigenvalue weighted by atomic mass is 15.0. The van der Waals surface area contributed by atoms with Crippen molar-refractivity contribution in [2.45, 2.75) is 13.0 Å². The summed E-state index contributed by atoms with van der Waals surface area (Å²) in [4.78, 5) is 4.16. The Labute approximate surface area is 88.9 Å². The lowest BCUT2D eigenvalue weighted by Gasteiger charge is -2.13. The third kappa shape index (κ3) is 1.38. The number of rotatable bonds is 1. The van der Waals surface area contributed by atoms with Crippen LogP contribution in [-0.4, -0.2) is 9.55 Å². The Morgan fingerprint density at radius 1 is 1.20 bits per heavy atom. The van der Waals surface area contributed by atoms with E-state index in [0.29, 0.717) is 0 Å². The van der Waals surface area contributed by atoms with Gasteiger partial charge in [-0.2, -0.15) is 0 Å². The molecule has 3 rings (SSSR count). The van der Waals surface area contributed by atoms with Crippen molar-refractivity contribution in [3.63, 3.8) is 0 Å². The summed E-state index contributed by atoms with van der Waals surface area (Å²) in [5.41, 5.74) is 3.75. The van der Waals surface area contributed by atoms with Crippen LogP contribution < -0.4 is 0 Å². The molecule has 74 valence electrons. The maximum atomic E-state index is 4.16. The molecule has 0 amide bonds. The molecule has 0 spiro atoms. The number of aromatic nitrogens is 2. The van der Waals surface area contributed by atoms with Crippen LogP contribution in [0, 0.1) is 0 Å². The van der Waals surface area contributed by atoms with Gasteiger partial charge >= 0.3 is 0 Å². The summed E-state index contributed by atoms with van der Waals surface area (Å²) in [6, 6.07) is 8.42. The Bertz CT molecular complexity index is 495. The third-order valence-electron chi connectivity index (χ3n) is 2.78. The van der Waals surface area contributed by atoms with Crippen LogP contribution in [0.2, 0.25) is 0 Å². The molecule has 1 aliphatic rings. The normalized spacial score (nSPS) is 13.9. The highest BCUT2D eigenvalue weighted by molar-refractivity contribution is 5.63. The predicted molar refractivity (Wildman–Crippen MR) is 61.3 cm³/mol. The molecule has 0 unspecified atom stereocenters. The van der Waals surface area contributed by atoms with E-state index in [1.165, 1.54) is 17.0 Å². The van der Waals surface area contributed by atoms with Crippen LogP contribution in [0.3, 0.4) is 0 Å². The fourth-order valence-electron chi connectivity index (χ4n) is 2.05. The van der Waals surface area contributed by atoms with Gasteiger partial charge in [-0.05, 0) is 36.8 Å². The first kappa shape index (κ1) is 8.48. The molecule has 2 nitrogen and oxygen atoms in total. The summed E-state index contributed by atoms with van der Waals surface area (Å²) >= 11 is 0. The molecular weight excluding hydrogens is 184 g/mol. The van der Waals surface area contributed by atoms with Crippen molar-refractivity contribution in [3.05, 3.63) is 48.4 Å². The Hall–Kier alpha value is -1.83. The van der Waals surface area contributed by atoms with Gasteiger partial charge in [0, 0.05) is 30.2 Å². The number of hydrogen-bond donors (Lipinski definition) is 0. The smallest absolute Gasteiger partial charge is 0.0500 e. The topological polar surface area (TPSA) is 17.8 Å². The molecule has 0 aliphatic carbocycles. The fourth-order valence-corrected chi connectivity index (χ4v) is 2.05. The van der Waals surface area contributed by atoms with E-state index in [0.717, 1.165) is 13.0 Å². The number of nitrogens with zero attached hydrogens (tertiary/aromatic N) is 2.